The van der Waals surface area contributed by atoms with Crippen molar-refractivity contribution < 1.29 is 4.92 Å². The summed E-state index contributed by atoms with van der Waals surface area (Å²) in [5.74, 6) is 0. The normalized spacial score (nSPS) is 10.9. The van der Waals surface area contributed by atoms with Crippen molar-refractivity contribution in [2.75, 3.05) is 0 Å². The van der Waals surface area contributed by atoms with Crippen LogP contribution in [0.5, 0.6) is 0 Å². The third-order valence-corrected chi connectivity index (χ3v) is 3.11. The van der Waals surface area contributed by atoms with Gasteiger partial charge in [-0.1, -0.05) is 18.2 Å². The first-order valence-corrected chi connectivity index (χ1v) is 6.53. The number of aromatic nitrogens is 2. The van der Waals surface area contributed by atoms with Crippen molar-refractivity contribution in [2.24, 2.45) is 0 Å². The van der Waals surface area contributed by atoms with Crippen molar-refractivity contribution in [1.29, 1.82) is 0 Å². The highest BCUT2D eigenvalue weighted by molar-refractivity contribution is 5.39. The average Bonchev–Trinajstić information content (AvgIpc) is 2.87. The van der Waals surface area contributed by atoms with E-state index in [9.17, 15) is 10.1 Å². The second-order valence-corrected chi connectivity index (χ2v) is 4.88. The molecule has 0 aliphatic carbocycles. The van der Waals surface area contributed by atoms with Crippen molar-refractivity contribution >= 4 is 5.69 Å². The number of rotatable bonds is 6. The van der Waals surface area contributed by atoms with Gasteiger partial charge in [0, 0.05) is 37.0 Å². The van der Waals surface area contributed by atoms with Gasteiger partial charge in [0.2, 0.25) is 0 Å². The predicted octanol–water partition coefficient (Wildman–Crippen LogP) is 2.66. The van der Waals surface area contributed by atoms with E-state index in [1.165, 1.54) is 6.07 Å². The molecule has 6 nitrogen and oxygen atoms in total. The molecule has 0 fully saturated rings. The second kappa shape index (κ2) is 6.29. The summed E-state index contributed by atoms with van der Waals surface area (Å²) >= 11 is 0. The first kappa shape index (κ1) is 14.2. The molecule has 1 heterocycles. The molecule has 2 rings (SSSR count). The van der Waals surface area contributed by atoms with Crippen LogP contribution < -0.4 is 5.32 Å². The summed E-state index contributed by atoms with van der Waals surface area (Å²) in [6, 6.07) is 7.12. The van der Waals surface area contributed by atoms with Crippen LogP contribution in [0.25, 0.3) is 0 Å². The van der Waals surface area contributed by atoms with Crippen LogP contribution in [0.15, 0.2) is 36.8 Å². The summed E-state index contributed by atoms with van der Waals surface area (Å²) in [7, 11) is 0. The van der Waals surface area contributed by atoms with Gasteiger partial charge in [0.15, 0.2) is 0 Å². The van der Waals surface area contributed by atoms with Crippen molar-refractivity contribution in [2.45, 2.75) is 33.0 Å². The zero-order valence-electron chi connectivity index (χ0n) is 11.6. The molecule has 0 aliphatic heterocycles. The molecule has 0 atom stereocenters. The molecule has 0 unspecified atom stereocenters. The molecule has 106 valence electrons. The molecule has 0 bridgehead atoms. The van der Waals surface area contributed by atoms with Crippen LogP contribution in [-0.4, -0.2) is 14.5 Å². The molecular weight excluding hydrogens is 256 g/mol. The molecule has 0 saturated heterocycles. The van der Waals surface area contributed by atoms with Crippen LogP contribution in [0.1, 0.15) is 31.1 Å². The number of hydrogen-bond acceptors (Lipinski definition) is 4. The number of nitrogens with one attached hydrogen (secondary N) is 1. The summed E-state index contributed by atoms with van der Waals surface area (Å²) in [5.41, 5.74) is 1.91. The number of benzene rings is 1. The summed E-state index contributed by atoms with van der Waals surface area (Å²) in [6.45, 7) is 5.27. The Hall–Kier alpha value is -2.21. The van der Waals surface area contributed by atoms with Gasteiger partial charge < -0.3 is 9.88 Å². The molecular formula is C14H18N4O2. The van der Waals surface area contributed by atoms with Crippen molar-refractivity contribution in [3.8, 4) is 0 Å². The molecule has 0 radical (unpaired) electrons. The fourth-order valence-corrected chi connectivity index (χ4v) is 2.10. The predicted molar refractivity (Wildman–Crippen MR) is 76.3 cm³/mol. The Bertz CT molecular complexity index is 592. The van der Waals surface area contributed by atoms with Gasteiger partial charge in [-0.15, -0.1) is 0 Å². The summed E-state index contributed by atoms with van der Waals surface area (Å²) in [6.07, 6.45) is 3.61. The zero-order chi connectivity index (χ0) is 14.5. The minimum Gasteiger partial charge on any atom is -0.331 e. The van der Waals surface area contributed by atoms with E-state index in [2.05, 4.69) is 28.7 Å². The Balaban J connectivity index is 2.00. The first-order chi connectivity index (χ1) is 9.59. The Morgan fingerprint density at radius 1 is 1.35 bits per heavy atom. The second-order valence-electron chi connectivity index (χ2n) is 4.88. The molecule has 0 saturated carbocycles. The first-order valence-electron chi connectivity index (χ1n) is 6.53. The maximum absolute atomic E-state index is 10.9. The lowest BCUT2D eigenvalue weighted by atomic mass is 10.2. The number of nitro groups is 1. The van der Waals surface area contributed by atoms with Crippen molar-refractivity contribution in [3.63, 3.8) is 0 Å². The van der Waals surface area contributed by atoms with E-state index in [0.29, 0.717) is 24.7 Å². The van der Waals surface area contributed by atoms with E-state index in [1.54, 1.807) is 18.5 Å². The number of imidazole rings is 1. The minimum absolute atomic E-state index is 0.150. The Kier molecular flexibility index (Phi) is 4.47. The molecule has 0 amide bonds. The molecule has 0 aliphatic rings. The van der Waals surface area contributed by atoms with Gasteiger partial charge in [-0.25, -0.2) is 4.98 Å². The van der Waals surface area contributed by atoms with Crippen LogP contribution >= 0.6 is 0 Å². The summed E-state index contributed by atoms with van der Waals surface area (Å²) in [5, 5.41) is 14.2. The fourth-order valence-electron chi connectivity index (χ4n) is 2.10. The van der Waals surface area contributed by atoms with Crippen LogP contribution in [0.4, 0.5) is 5.69 Å². The number of para-hydroxylation sites is 1. The highest BCUT2D eigenvalue weighted by atomic mass is 16.6. The van der Waals surface area contributed by atoms with E-state index in [0.717, 1.165) is 5.69 Å². The smallest absolute Gasteiger partial charge is 0.273 e. The Morgan fingerprint density at radius 2 is 2.10 bits per heavy atom. The van der Waals surface area contributed by atoms with Gasteiger partial charge in [0.05, 0.1) is 16.9 Å². The Morgan fingerprint density at radius 3 is 2.80 bits per heavy atom. The zero-order valence-corrected chi connectivity index (χ0v) is 11.6. The van der Waals surface area contributed by atoms with Crippen LogP contribution in [0, 0.1) is 10.1 Å². The summed E-state index contributed by atoms with van der Waals surface area (Å²) in [4.78, 5) is 14.7. The number of nitrogens with zero attached hydrogens (tertiary/aromatic N) is 3. The van der Waals surface area contributed by atoms with Crippen LogP contribution in [0.3, 0.4) is 0 Å². The van der Waals surface area contributed by atoms with Crippen molar-refractivity contribution in [1.82, 2.24) is 14.9 Å². The van der Waals surface area contributed by atoms with Crippen molar-refractivity contribution in [3.05, 3.63) is 58.2 Å². The topological polar surface area (TPSA) is 73.0 Å². The molecule has 1 aromatic heterocycles. The van der Waals surface area contributed by atoms with Crippen LogP contribution in [-0.2, 0) is 13.1 Å². The molecule has 20 heavy (non-hydrogen) atoms. The average molecular weight is 274 g/mol. The lowest BCUT2D eigenvalue weighted by Crippen LogP contribution is -2.17. The molecule has 2 aromatic rings. The quantitative estimate of drug-likeness (QED) is 0.649. The van der Waals surface area contributed by atoms with E-state index in [4.69, 9.17) is 0 Å². The fraction of sp³-hybridized carbons (Fsp3) is 0.357. The molecule has 1 N–H and O–H groups in total. The third-order valence-electron chi connectivity index (χ3n) is 3.11. The van der Waals surface area contributed by atoms with Gasteiger partial charge in [0.25, 0.3) is 5.69 Å². The molecule has 0 spiro atoms. The minimum atomic E-state index is -0.352. The van der Waals surface area contributed by atoms with Gasteiger partial charge in [0.1, 0.15) is 0 Å². The standard InChI is InChI=1S/C14H18N4O2/c1-11(2)17-10-16-9-13(17)8-15-7-12-5-3-4-6-14(12)18(19)20/h3-6,9-11,15H,7-8H2,1-2H3. The summed E-state index contributed by atoms with van der Waals surface area (Å²) < 4.78 is 2.08. The SMILES string of the molecule is CC(C)n1cncc1CNCc1ccccc1[N+](=O)[O-]. The van der Waals surface area contributed by atoms with E-state index in [-0.39, 0.29) is 10.6 Å². The monoisotopic (exact) mass is 274 g/mol. The van der Waals surface area contributed by atoms with Crippen LogP contribution in [0.2, 0.25) is 0 Å². The van der Waals surface area contributed by atoms with Gasteiger partial charge in [-0.3, -0.25) is 10.1 Å². The third kappa shape index (κ3) is 3.21. The van der Waals surface area contributed by atoms with E-state index < -0.39 is 0 Å². The van der Waals surface area contributed by atoms with E-state index in [1.807, 2.05) is 12.3 Å². The van der Waals surface area contributed by atoms with Gasteiger partial charge in [-0.05, 0) is 13.8 Å². The lowest BCUT2D eigenvalue weighted by molar-refractivity contribution is -0.385. The highest BCUT2D eigenvalue weighted by Crippen LogP contribution is 2.17. The lowest BCUT2D eigenvalue weighted by Gasteiger charge is -2.12. The molecule has 1 aromatic carbocycles. The van der Waals surface area contributed by atoms with Gasteiger partial charge >= 0.3 is 0 Å². The number of hydrogen-bond donors (Lipinski definition) is 1. The number of nitro benzene ring substituents is 1. The maximum Gasteiger partial charge on any atom is 0.273 e. The Labute approximate surface area is 117 Å². The maximum atomic E-state index is 10.9. The van der Waals surface area contributed by atoms with Gasteiger partial charge in [-0.2, -0.15) is 0 Å². The molecule has 6 heteroatoms. The highest BCUT2D eigenvalue weighted by Gasteiger charge is 2.12. The largest absolute Gasteiger partial charge is 0.331 e. The van der Waals surface area contributed by atoms with E-state index >= 15 is 0 Å².